The number of anilines is 1. The number of hydrogen-bond acceptors (Lipinski definition) is 4. The van der Waals surface area contributed by atoms with Gasteiger partial charge in [0.2, 0.25) is 15.9 Å². The molecule has 0 spiro atoms. The van der Waals surface area contributed by atoms with Gasteiger partial charge in [-0.15, -0.1) is 0 Å². The predicted octanol–water partition coefficient (Wildman–Crippen LogP) is 3.89. The van der Waals surface area contributed by atoms with Crippen LogP contribution in [0.3, 0.4) is 0 Å². The summed E-state index contributed by atoms with van der Waals surface area (Å²) in [6.45, 7) is 5.41. The quantitative estimate of drug-likeness (QED) is 0.488. The third kappa shape index (κ3) is 6.83. The molecular weight excluding hydrogens is 394 g/mol. The SMILES string of the molecule is CCCCCCC(=O)NC(=S)Nc1ccc(S(=O)(=O)N2CCC(C)CC2)cc1. The first-order valence-corrected chi connectivity index (χ1v) is 11.9. The van der Waals surface area contributed by atoms with Gasteiger partial charge in [0.25, 0.3) is 0 Å². The topological polar surface area (TPSA) is 78.5 Å². The molecule has 1 aliphatic rings. The van der Waals surface area contributed by atoms with Crippen LogP contribution in [0.4, 0.5) is 5.69 Å². The molecule has 1 saturated heterocycles. The van der Waals surface area contributed by atoms with Gasteiger partial charge in [0.05, 0.1) is 4.90 Å². The van der Waals surface area contributed by atoms with E-state index in [9.17, 15) is 13.2 Å². The van der Waals surface area contributed by atoms with Crippen LogP contribution >= 0.6 is 12.2 Å². The molecule has 1 heterocycles. The third-order valence-corrected chi connectivity index (χ3v) is 7.12. The minimum Gasteiger partial charge on any atom is -0.332 e. The van der Waals surface area contributed by atoms with E-state index in [2.05, 4.69) is 24.5 Å². The molecule has 8 heteroatoms. The van der Waals surface area contributed by atoms with Crippen LogP contribution in [0, 0.1) is 5.92 Å². The monoisotopic (exact) mass is 425 g/mol. The number of nitrogens with zero attached hydrogens (tertiary/aromatic N) is 1. The Labute approximate surface area is 174 Å². The average Bonchev–Trinajstić information content (AvgIpc) is 2.66. The van der Waals surface area contributed by atoms with E-state index < -0.39 is 10.0 Å². The zero-order valence-electron chi connectivity index (χ0n) is 16.7. The molecule has 2 N–H and O–H groups in total. The van der Waals surface area contributed by atoms with Gasteiger partial charge in [0, 0.05) is 25.2 Å². The summed E-state index contributed by atoms with van der Waals surface area (Å²) in [6, 6.07) is 6.48. The van der Waals surface area contributed by atoms with E-state index in [4.69, 9.17) is 12.2 Å². The number of benzene rings is 1. The average molecular weight is 426 g/mol. The van der Waals surface area contributed by atoms with Gasteiger partial charge in [-0.3, -0.25) is 4.79 Å². The third-order valence-electron chi connectivity index (χ3n) is 5.00. The molecule has 1 amide bonds. The van der Waals surface area contributed by atoms with Crippen molar-refractivity contribution >= 4 is 38.9 Å². The smallest absolute Gasteiger partial charge is 0.243 e. The van der Waals surface area contributed by atoms with Crippen LogP contribution in [-0.2, 0) is 14.8 Å². The van der Waals surface area contributed by atoms with Gasteiger partial charge in [-0.25, -0.2) is 8.42 Å². The van der Waals surface area contributed by atoms with Crippen molar-refractivity contribution in [1.29, 1.82) is 0 Å². The fraction of sp³-hybridized carbons (Fsp3) is 0.600. The Morgan fingerprint density at radius 1 is 1.14 bits per heavy atom. The molecule has 0 aromatic heterocycles. The minimum atomic E-state index is -3.46. The normalized spacial score (nSPS) is 15.9. The number of thiocarbonyl (C=S) groups is 1. The van der Waals surface area contributed by atoms with E-state index in [1.165, 1.54) is 0 Å². The molecule has 1 aromatic carbocycles. The van der Waals surface area contributed by atoms with Gasteiger partial charge in [-0.05, 0) is 61.7 Å². The number of hydrogen-bond donors (Lipinski definition) is 2. The van der Waals surface area contributed by atoms with E-state index in [0.29, 0.717) is 31.1 Å². The van der Waals surface area contributed by atoms with E-state index in [0.717, 1.165) is 38.5 Å². The maximum atomic E-state index is 12.7. The molecule has 2 rings (SSSR count). The van der Waals surface area contributed by atoms with Crippen molar-refractivity contribution in [3.63, 3.8) is 0 Å². The van der Waals surface area contributed by atoms with E-state index >= 15 is 0 Å². The number of carbonyl (C=O) groups excluding carboxylic acids is 1. The van der Waals surface area contributed by atoms with Gasteiger partial charge in [-0.2, -0.15) is 4.31 Å². The fourth-order valence-corrected chi connectivity index (χ4v) is 4.85. The van der Waals surface area contributed by atoms with E-state index in [-0.39, 0.29) is 15.9 Å². The molecule has 0 saturated carbocycles. The second kappa shape index (κ2) is 10.9. The first-order valence-electron chi connectivity index (χ1n) is 10.0. The molecule has 0 bridgehead atoms. The lowest BCUT2D eigenvalue weighted by molar-refractivity contribution is -0.119. The lowest BCUT2D eigenvalue weighted by atomic mass is 10.0. The van der Waals surface area contributed by atoms with Gasteiger partial charge < -0.3 is 10.6 Å². The van der Waals surface area contributed by atoms with Crippen LogP contribution in [0.15, 0.2) is 29.2 Å². The lowest BCUT2D eigenvalue weighted by Gasteiger charge is -2.29. The van der Waals surface area contributed by atoms with Crippen molar-refractivity contribution in [2.45, 2.75) is 63.7 Å². The summed E-state index contributed by atoms with van der Waals surface area (Å²) in [5, 5.41) is 5.81. The number of amides is 1. The van der Waals surface area contributed by atoms with Crippen molar-refractivity contribution in [3.8, 4) is 0 Å². The van der Waals surface area contributed by atoms with Gasteiger partial charge in [-0.1, -0.05) is 33.1 Å². The summed E-state index contributed by atoms with van der Waals surface area (Å²) in [6.07, 6.45) is 6.38. The first kappa shape index (κ1) is 22.8. The van der Waals surface area contributed by atoms with Gasteiger partial charge in [0.15, 0.2) is 5.11 Å². The molecule has 156 valence electrons. The largest absolute Gasteiger partial charge is 0.332 e. The van der Waals surface area contributed by atoms with Crippen molar-refractivity contribution in [1.82, 2.24) is 9.62 Å². The molecule has 0 aliphatic carbocycles. The van der Waals surface area contributed by atoms with Crippen LogP contribution in [-0.4, -0.2) is 36.8 Å². The number of rotatable bonds is 8. The lowest BCUT2D eigenvalue weighted by Crippen LogP contribution is -2.37. The number of carbonyl (C=O) groups is 1. The van der Waals surface area contributed by atoms with Crippen molar-refractivity contribution < 1.29 is 13.2 Å². The second-order valence-electron chi connectivity index (χ2n) is 7.42. The van der Waals surface area contributed by atoms with Gasteiger partial charge >= 0.3 is 0 Å². The number of piperidine rings is 1. The zero-order chi connectivity index (χ0) is 20.6. The molecular formula is C20H31N3O3S2. The highest BCUT2D eigenvalue weighted by Crippen LogP contribution is 2.24. The first-order chi connectivity index (χ1) is 13.3. The summed E-state index contributed by atoms with van der Waals surface area (Å²) in [4.78, 5) is 12.1. The van der Waals surface area contributed by atoms with Crippen molar-refractivity contribution in [2.75, 3.05) is 18.4 Å². The molecule has 1 fully saturated rings. The molecule has 1 aromatic rings. The summed E-state index contributed by atoms with van der Waals surface area (Å²) < 4.78 is 27.0. The highest BCUT2D eigenvalue weighted by molar-refractivity contribution is 7.89. The summed E-state index contributed by atoms with van der Waals surface area (Å²) in [5.74, 6) is 0.466. The number of unbranched alkanes of at least 4 members (excludes halogenated alkanes) is 3. The molecule has 6 nitrogen and oxygen atoms in total. The summed E-state index contributed by atoms with van der Waals surface area (Å²) in [7, 11) is -3.46. The maximum Gasteiger partial charge on any atom is 0.243 e. The molecule has 1 aliphatic heterocycles. The standard InChI is InChI=1S/C20H31N3O3S2/c1-3-4-5-6-7-19(24)22-20(27)21-17-8-10-18(11-9-17)28(25,26)23-14-12-16(2)13-15-23/h8-11,16H,3-7,12-15H2,1-2H3,(H2,21,22,24,27). The highest BCUT2D eigenvalue weighted by atomic mass is 32.2. The second-order valence-corrected chi connectivity index (χ2v) is 9.77. The summed E-state index contributed by atoms with van der Waals surface area (Å²) in [5.41, 5.74) is 0.641. The summed E-state index contributed by atoms with van der Waals surface area (Å²) >= 11 is 5.16. The Morgan fingerprint density at radius 3 is 2.39 bits per heavy atom. The fourth-order valence-electron chi connectivity index (χ4n) is 3.15. The highest BCUT2D eigenvalue weighted by Gasteiger charge is 2.27. The Balaban J connectivity index is 1.86. The molecule has 0 radical (unpaired) electrons. The maximum absolute atomic E-state index is 12.7. The number of nitrogens with one attached hydrogen (secondary N) is 2. The van der Waals surface area contributed by atoms with Crippen LogP contribution < -0.4 is 10.6 Å². The van der Waals surface area contributed by atoms with Crippen LogP contribution in [0.1, 0.15) is 58.8 Å². The number of sulfonamides is 1. The van der Waals surface area contributed by atoms with Crippen molar-refractivity contribution in [3.05, 3.63) is 24.3 Å². The Kier molecular flexibility index (Phi) is 8.85. The Bertz CT molecular complexity index is 755. The van der Waals surface area contributed by atoms with Crippen molar-refractivity contribution in [2.24, 2.45) is 5.92 Å². The molecule has 0 unspecified atom stereocenters. The van der Waals surface area contributed by atoms with Gasteiger partial charge in [0.1, 0.15) is 0 Å². The Hall–Kier alpha value is -1.51. The van der Waals surface area contributed by atoms with E-state index in [1.807, 2.05) is 0 Å². The molecule has 0 atom stereocenters. The van der Waals surface area contributed by atoms with E-state index in [1.54, 1.807) is 28.6 Å². The predicted molar refractivity (Wildman–Crippen MR) is 117 cm³/mol. The van der Waals surface area contributed by atoms with Crippen LogP contribution in [0.5, 0.6) is 0 Å². The zero-order valence-corrected chi connectivity index (χ0v) is 18.4. The minimum absolute atomic E-state index is 0.105. The van der Waals surface area contributed by atoms with Crippen LogP contribution in [0.25, 0.3) is 0 Å². The molecule has 28 heavy (non-hydrogen) atoms. The van der Waals surface area contributed by atoms with Crippen LogP contribution in [0.2, 0.25) is 0 Å². The Morgan fingerprint density at radius 2 is 1.79 bits per heavy atom.